The predicted molar refractivity (Wildman–Crippen MR) is 114 cm³/mol. The average Bonchev–Trinajstić information content (AvgIpc) is 2.71. The number of thioether (sulfide) groups is 1. The Morgan fingerprint density at radius 3 is 2.72 bits per heavy atom. The van der Waals surface area contributed by atoms with Gasteiger partial charge in [0, 0.05) is 23.3 Å². The number of aromatic nitrogens is 3. The fourth-order valence-electron chi connectivity index (χ4n) is 3.67. The summed E-state index contributed by atoms with van der Waals surface area (Å²) in [6.45, 7) is 7.26. The minimum atomic E-state index is -0.552. The van der Waals surface area contributed by atoms with E-state index >= 15 is 0 Å². The van der Waals surface area contributed by atoms with Crippen molar-refractivity contribution in [1.29, 1.82) is 0 Å². The SMILES string of the molecule is C=CCSc1n[n+]2c(c(=O)[nH]1)-c1ccccc1N(C(C)=O)[C@@H]2c1ccccc1C. The van der Waals surface area contributed by atoms with Crippen LogP contribution in [0.2, 0.25) is 0 Å². The molecule has 6 nitrogen and oxygen atoms in total. The number of hydrogen-bond donors (Lipinski definition) is 1. The molecule has 7 heteroatoms. The Balaban J connectivity index is 2.06. The van der Waals surface area contributed by atoms with Crippen LogP contribution in [0.15, 0.2) is 71.1 Å². The largest absolute Gasteiger partial charge is 0.325 e. The van der Waals surface area contributed by atoms with Crippen LogP contribution in [-0.4, -0.2) is 21.7 Å². The maximum absolute atomic E-state index is 13.1. The molecular weight excluding hydrogens is 384 g/mol. The number of hydrogen-bond acceptors (Lipinski definition) is 4. The number of aryl methyl sites for hydroxylation is 1. The topological polar surface area (TPSA) is 69.9 Å². The highest BCUT2D eigenvalue weighted by molar-refractivity contribution is 7.99. The Hall–Kier alpha value is -3.19. The van der Waals surface area contributed by atoms with Crippen molar-refractivity contribution in [1.82, 2.24) is 10.1 Å². The van der Waals surface area contributed by atoms with Crippen LogP contribution in [0, 0.1) is 6.92 Å². The summed E-state index contributed by atoms with van der Waals surface area (Å²) in [4.78, 5) is 30.5. The predicted octanol–water partition coefficient (Wildman–Crippen LogP) is 3.22. The van der Waals surface area contributed by atoms with Gasteiger partial charge < -0.3 is 0 Å². The van der Waals surface area contributed by atoms with Gasteiger partial charge in [0.15, 0.2) is 0 Å². The van der Waals surface area contributed by atoms with Gasteiger partial charge in [-0.2, -0.15) is 0 Å². The highest BCUT2D eigenvalue weighted by Crippen LogP contribution is 2.37. The van der Waals surface area contributed by atoms with Gasteiger partial charge in [0.05, 0.1) is 11.3 Å². The summed E-state index contributed by atoms with van der Waals surface area (Å²) in [5, 5.41) is 5.21. The third-order valence-corrected chi connectivity index (χ3v) is 5.76. The van der Waals surface area contributed by atoms with Gasteiger partial charge in [0.2, 0.25) is 11.1 Å². The first-order valence-corrected chi connectivity index (χ1v) is 10.3. The van der Waals surface area contributed by atoms with E-state index in [0.29, 0.717) is 27.9 Å². The van der Waals surface area contributed by atoms with Gasteiger partial charge in [-0.25, -0.2) is 4.90 Å². The van der Waals surface area contributed by atoms with E-state index in [1.165, 1.54) is 18.7 Å². The van der Waals surface area contributed by atoms with Crippen molar-refractivity contribution < 1.29 is 9.48 Å². The molecule has 0 aliphatic carbocycles. The van der Waals surface area contributed by atoms with E-state index in [4.69, 9.17) is 5.10 Å². The second-order valence-corrected chi connectivity index (χ2v) is 7.80. The molecule has 29 heavy (non-hydrogen) atoms. The number of carbonyl (C=O) groups excluding carboxylic acids is 1. The van der Waals surface area contributed by atoms with Gasteiger partial charge in [-0.05, 0) is 35.4 Å². The van der Waals surface area contributed by atoms with E-state index in [9.17, 15) is 9.59 Å². The zero-order valence-electron chi connectivity index (χ0n) is 16.3. The molecule has 1 aliphatic rings. The first-order valence-electron chi connectivity index (χ1n) is 9.27. The summed E-state index contributed by atoms with van der Waals surface area (Å²) < 4.78 is 1.68. The Labute approximate surface area is 172 Å². The summed E-state index contributed by atoms with van der Waals surface area (Å²) in [5.74, 6) is 0.496. The lowest BCUT2D eigenvalue weighted by Crippen LogP contribution is -2.60. The molecule has 0 spiro atoms. The number of benzene rings is 2. The lowest BCUT2D eigenvalue weighted by molar-refractivity contribution is -0.763. The smallest absolute Gasteiger partial charge is 0.291 e. The molecule has 1 atom stereocenters. The summed E-state index contributed by atoms with van der Waals surface area (Å²) >= 11 is 1.39. The molecule has 2 aromatic carbocycles. The fraction of sp³-hybridized carbons (Fsp3) is 0.182. The van der Waals surface area contributed by atoms with Crippen LogP contribution < -0.4 is 15.1 Å². The molecule has 1 aromatic heterocycles. The number of anilines is 1. The summed E-state index contributed by atoms with van der Waals surface area (Å²) in [6.07, 6.45) is 1.20. The molecule has 1 N–H and O–H groups in total. The Morgan fingerprint density at radius 2 is 2.00 bits per heavy atom. The number of aromatic amines is 1. The van der Waals surface area contributed by atoms with E-state index in [0.717, 1.165) is 11.1 Å². The van der Waals surface area contributed by atoms with E-state index in [2.05, 4.69) is 11.6 Å². The molecule has 1 amide bonds. The average molecular weight is 406 g/mol. The van der Waals surface area contributed by atoms with Gasteiger partial charge in [0.25, 0.3) is 6.17 Å². The molecule has 0 bridgehead atoms. The monoisotopic (exact) mass is 405 g/mol. The Bertz CT molecular complexity index is 1170. The van der Waals surface area contributed by atoms with Crippen molar-refractivity contribution in [2.45, 2.75) is 25.2 Å². The van der Waals surface area contributed by atoms with Crippen LogP contribution in [0.1, 0.15) is 24.2 Å². The number of rotatable bonds is 4. The second kappa shape index (κ2) is 7.67. The summed E-state index contributed by atoms with van der Waals surface area (Å²) in [7, 11) is 0. The number of nitrogens with one attached hydrogen (secondary N) is 1. The van der Waals surface area contributed by atoms with Crippen molar-refractivity contribution >= 4 is 23.4 Å². The number of H-pyrrole nitrogens is 1. The van der Waals surface area contributed by atoms with Crippen molar-refractivity contribution in [2.75, 3.05) is 10.7 Å². The minimum absolute atomic E-state index is 0.119. The van der Waals surface area contributed by atoms with Gasteiger partial charge >= 0.3 is 11.3 Å². The molecule has 0 fully saturated rings. The van der Waals surface area contributed by atoms with Crippen LogP contribution in [0.25, 0.3) is 11.3 Å². The third-order valence-electron chi connectivity index (χ3n) is 4.90. The van der Waals surface area contributed by atoms with Crippen LogP contribution in [0.4, 0.5) is 5.69 Å². The van der Waals surface area contributed by atoms with Crippen molar-refractivity contribution in [3.8, 4) is 11.3 Å². The van der Waals surface area contributed by atoms with Crippen molar-refractivity contribution in [3.63, 3.8) is 0 Å². The standard InChI is InChI=1S/C22H20N4O2S/c1-4-13-29-22-23-20(28)19-17-11-7-8-12-18(17)25(15(3)27)21(26(19)24-22)16-10-6-5-9-14(16)2/h4-12,21H,1,13H2,2-3H3/p+1/t21-/m0/s1. The zero-order valence-corrected chi connectivity index (χ0v) is 17.1. The molecule has 0 radical (unpaired) electrons. The number of nitrogens with zero attached hydrogens (tertiary/aromatic N) is 3. The Kier molecular flexibility index (Phi) is 5.07. The fourth-order valence-corrected chi connectivity index (χ4v) is 4.26. The van der Waals surface area contributed by atoms with Gasteiger partial charge in [-0.15, -0.1) is 6.58 Å². The van der Waals surface area contributed by atoms with E-state index < -0.39 is 6.17 Å². The highest BCUT2D eigenvalue weighted by atomic mass is 32.2. The highest BCUT2D eigenvalue weighted by Gasteiger charge is 2.45. The number of amides is 1. The molecule has 3 aromatic rings. The molecule has 0 saturated carbocycles. The van der Waals surface area contributed by atoms with Crippen LogP contribution in [0.3, 0.4) is 0 Å². The summed E-state index contributed by atoms with van der Waals surface area (Å²) in [6, 6.07) is 15.3. The quantitative estimate of drug-likeness (QED) is 0.411. The molecule has 146 valence electrons. The number of carbonyl (C=O) groups is 1. The Morgan fingerprint density at radius 1 is 1.28 bits per heavy atom. The van der Waals surface area contributed by atoms with Gasteiger partial charge in [-0.3, -0.25) is 14.6 Å². The maximum atomic E-state index is 13.1. The van der Waals surface area contributed by atoms with Crippen LogP contribution >= 0.6 is 11.8 Å². The lowest BCUT2D eigenvalue weighted by Gasteiger charge is -2.31. The van der Waals surface area contributed by atoms with E-state index in [1.807, 2.05) is 55.5 Å². The molecule has 4 rings (SSSR count). The lowest BCUT2D eigenvalue weighted by atomic mass is 9.99. The first kappa shape index (κ1) is 19.1. The van der Waals surface area contributed by atoms with Crippen LogP contribution in [-0.2, 0) is 4.79 Å². The zero-order chi connectivity index (χ0) is 20.5. The molecule has 0 saturated heterocycles. The van der Waals surface area contributed by atoms with Crippen molar-refractivity contribution in [3.05, 3.63) is 82.7 Å². The van der Waals surface area contributed by atoms with E-state index in [-0.39, 0.29) is 11.5 Å². The molecule has 2 heterocycles. The molecule has 0 unspecified atom stereocenters. The number of fused-ring (bicyclic) bond motifs is 3. The maximum Gasteiger partial charge on any atom is 0.325 e. The normalized spacial score (nSPS) is 14.8. The third kappa shape index (κ3) is 3.27. The minimum Gasteiger partial charge on any atom is -0.291 e. The summed E-state index contributed by atoms with van der Waals surface area (Å²) in [5.41, 5.74) is 3.52. The first-order chi connectivity index (χ1) is 14.0. The molecular formula is C22H21N4O2S+. The van der Waals surface area contributed by atoms with Crippen LogP contribution in [0.5, 0.6) is 0 Å². The van der Waals surface area contributed by atoms with Gasteiger partial charge in [-0.1, -0.05) is 48.2 Å². The second-order valence-electron chi connectivity index (χ2n) is 6.79. The van der Waals surface area contributed by atoms with E-state index in [1.54, 1.807) is 15.7 Å². The van der Waals surface area contributed by atoms with Crippen molar-refractivity contribution in [2.24, 2.45) is 0 Å². The van der Waals surface area contributed by atoms with Gasteiger partial charge in [0.1, 0.15) is 0 Å². The molecule has 1 aliphatic heterocycles. The number of para-hydroxylation sites is 1.